The van der Waals surface area contributed by atoms with E-state index in [1.807, 2.05) is 0 Å². The van der Waals surface area contributed by atoms with E-state index < -0.39 is 0 Å². The summed E-state index contributed by atoms with van der Waals surface area (Å²) in [6, 6.07) is 13.5. The summed E-state index contributed by atoms with van der Waals surface area (Å²) < 4.78 is 0. The Kier molecular flexibility index (Phi) is 4.60. The van der Waals surface area contributed by atoms with Crippen molar-refractivity contribution in [2.45, 2.75) is 0 Å². The molecule has 0 aliphatic carbocycles. The van der Waals surface area contributed by atoms with Gasteiger partial charge in [0, 0.05) is 24.7 Å². The van der Waals surface area contributed by atoms with Crippen molar-refractivity contribution in [2.75, 3.05) is 19.4 Å². The molecule has 0 radical (unpaired) electrons. The molecule has 1 N–H and O–H groups in total. The number of anilines is 1. The molecule has 0 saturated heterocycles. The van der Waals surface area contributed by atoms with E-state index in [1.165, 1.54) is 4.90 Å². The Labute approximate surface area is 128 Å². The molecule has 5 heteroatoms. The molecule has 0 aromatic heterocycles. The monoisotopic (exact) mass is 302 g/mol. The SMILES string of the molecule is CN(C)C(=O)c1ccccc1NC(=O)c1cccc(Cl)c1. The average molecular weight is 303 g/mol. The third kappa shape index (κ3) is 3.61. The summed E-state index contributed by atoms with van der Waals surface area (Å²) >= 11 is 5.87. The van der Waals surface area contributed by atoms with Crippen molar-refractivity contribution in [2.24, 2.45) is 0 Å². The van der Waals surface area contributed by atoms with Gasteiger partial charge in [-0.05, 0) is 30.3 Å². The first-order valence-electron chi connectivity index (χ1n) is 6.36. The van der Waals surface area contributed by atoms with Gasteiger partial charge in [-0.25, -0.2) is 0 Å². The fourth-order valence-electron chi connectivity index (χ4n) is 1.84. The first kappa shape index (κ1) is 15.1. The average Bonchev–Trinajstić information content (AvgIpc) is 2.47. The van der Waals surface area contributed by atoms with Crippen LogP contribution in [0, 0.1) is 0 Å². The lowest BCUT2D eigenvalue weighted by atomic mass is 10.1. The molecule has 21 heavy (non-hydrogen) atoms. The predicted octanol–water partition coefficient (Wildman–Crippen LogP) is 3.29. The lowest BCUT2D eigenvalue weighted by Gasteiger charge is -2.14. The van der Waals surface area contributed by atoms with Gasteiger partial charge in [-0.15, -0.1) is 0 Å². The van der Waals surface area contributed by atoms with E-state index >= 15 is 0 Å². The van der Waals surface area contributed by atoms with Crippen LogP contribution in [0.25, 0.3) is 0 Å². The maximum atomic E-state index is 12.2. The number of hydrogen-bond acceptors (Lipinski definition) is 2. The molecule has 0 bridgehead atoms. The Balaban J connectivity index is 2.28. The van der Waals surface area contributed by atoms with Crippen molar-refractivity contribution in [3.05, 3.63) is 64.7 Å². The largest absolute Gasteiger partial charge is 0.345 e. The number of carbonyl (C=O) groups is 2. The molecular weight excluding hydrogens is 288 g/mol. The third-order valence-corrected chi connectivity index (χ3v) is 3.13. The van der Waals surface area contributed by atoms with Gasteiger partial charge in [0.25, 0.3) is 11.8 Å². The molecule has 0 spiro atoms. The van der Waals surface area contributed by atoms with Crippen LogP contribution in [-0.4, -0.2) is 30.8 Å². The van der Waals surface area contributed by atoms with Gasteiger partial charge in [0.2, 0.25) is 0 Å². The highest BCUT2D eigenvalue weighted by molar-refractivity contribution is 6.31. The van der Waals surface area contributed by atoms with Gasteiger partial charge in [-0.3, -0.25) is 9.59 Å². The minimum absolute atomic E-state index is 0.169. The minimum Gasteiger partial charge on any atom is -0.345 e. The first-order valence-corrected chi connectivity index (χ1v) is 6.74. The summed E-state index contributed by atoms with van der Waals surface area (Å²) in [7, 11) is 3.33. The number of hydrogen-bond donors (Lipinski definition) is 1. The summed E-state index contributed by atoms with van der Waals surface area (Å²) in [6.45, 7) is 0. The molecule has 2 rings (SSSR count). The predicted molar refractivity (Wildman–Crippen MR) is 83.9 cm³/mol. The fraction of sp³-hybridized carbons (Fsp3) is 0.125. The second kappa shape index (κ2) is 6.41. The third-order valence-electron chi connectivity index (χ3n) is 2.90. The number of benzene rings is 2. The Hall–Kier alpha value is -2.33. The van der Waals surface area contributed by atoms with Crippen molar-refractivity contribution in [3.8, 4) is 0 Å². The molecule has 0 fully saturated rings. The summed E-state index contributed by atoms with van der Waals surface area (Å²) in [6.07, 6.45) is 0. The first-order chi connectivity index (χ1) is 9.99. The van der Waals surface area contributed by atoms with E-state index in [-0.39, 0.29) is 11.8 Å². The summed E-state index contributed by atoms with van der Waals surface area (Å²) in [5, 5.41) is 3.23. The molecule has 0 aliphatic heterocycles. The summed E-state index contributed by atoms with van der Waals surface area (Å²) in [5.74, 6) is -0.478. The van der Waals surface area contributed by atoms with Crippen LogP contribution in [0.3, 0.4) is 0 Å². The van der Waals surface area contributed by atoms with Crippen molar-refractivity contribution in [1.29, 1.82) is 0 Å². The van der Waals surface area contributed by atoms with Gasteiger partial charge in [0.15, 0.2) is 0 Å². The minimum atomic E-state index is -0.309. The van der Waals surface area contributed by atoms with Crippen molar-refractivity contribution in [1.82, 2.24) is 4.90 Å². The van der Waals surface area contributed by atoms with E-state index in [0.717, 1.165) is 0 Å². The van der Waals surface area contributed by atoms with E-state index in [2.05, 4.69) is 5.32 Å². The Morgan fingerprint density at radius 1 is 1.05 bits per heavy atom. The van der Waals surface area contributed by atoms with E-state index in [4.69, 9.17) is 11.6 Å². The second-order valence-electron chi connectivity index (χ2n) is 4.71. The van der Waals surface area contributed by atoms with Crippen LogP contribution in [0.2, 0.25) is 5.02 Å². The van der Waals surface area contributed by atoms with Crippen LogP contribution >= 0.6 is 11.6 Å². The van der Waals surface area contributed by atoms with E-state index in [1.54, 1.807) is 62.6 Å². The van der Waals surface area contributed by atoms with Crippen molar-refractivity contribution < 1.29 is 9.59 Å². The zero-order valence-electron chi connectivity index (χ0n) is 11.8. The Morgan fingerprint density at radius 3 is 2.43 bits per heavy atom. The highest BCUT2D eigenvalue weighted by Crippen LogP contribution is 2.18. The highest BCUT2D eigenvalue weighted by atomic mass is 35.5. The van der Waals surface area contributed by atoms with Crippen LogP contribution in [0.5, 0.6) is 0 Å². The number of rotatable bonds is 3. The van der Waals surface area contributed by atoms with E-state index in [9.17, 15) is 9.59 Å². The molecule has 0 aliphatic rings. The van der Waals surface area contributed by atoms with Gasteiger partial charge in [-0.2, -0.15) is 0 Å². The smallest absolute Gasteiger partial charge is 0.255 e. The molecule has 0 heterocycles. The number of para-hydroxylation sites is 1. The summed E-state index contributed by atoms with van der Waals surface area (Å²) in [4.78, 5) is 25.8. The maximum absolute atomic E-state index is 12.2. The van der Waals surface area contributed by atoms with Crippen LogP contribution in [0.1, 0.15) is 20.7 Å². The van der Waals surface area contributed by atoms with Gasteiger partial charge in [-0.1, -0.05) is 29.8 Å². The van der Waals surface area contributed by atoms with Crippen LogP contribution < -0.4 is 5.32 Å². The van der Waals surface area contributed by atoms with Gasteiger partial charge in [0.05, 0.1) is 11.3 Å². The molecule has 2 amide bonds. The zero-order chi connectivity index (χ0) is 15.4. The van der Waals surface area contributed by atoms with Gasteiger partial charge in [0.1, 0.15) is 0 Å². The standard InChI is InChI=1S/C16H15ClN2O2/c1-19(2)16(21)13-8-3-4-9-14(13)18-15(20)11-6-5-7-12(17)10-11/h3-10H,1-2H3,(H,18,20). The Morgan fingerprint density at radius 2 is 1.76 bits per heavy atom. The van der Waals surface area contributed by atoms with Crippen LogP contribution in [0.15, 0.2) is 48.5 Å². The molecule has 2 aromatic carbocycles. The van der Waals surface area contributed by atoms with E-state index in [0.29, 0.717) is 21.8 Å². The number of nitrogens with zero attached hydrogens (tertiary/aromatic N) is 1. The van der Waals surface area contributed by atoms with Gasteiger partial charge < -0.3 is 10.2 Å². The molecule has 108 valence electrons. The lowest BCUT2D eigenvalue weighted by Crippen LogP contribution is -2.24. The molecule has 0 saturated carbocycles. The molecule has 2 aromatic rings. The lowest BCUT2D eigenvalue weighted by molar-refractivity contribution is 0.0828. The van der Waals surface area contributed by atoms with Crippen molar-refractivity contribution in [3.63, 3.8) is 0 Å². The Bertz CT molecular complexity index is 683. The summed E-state index contributed by atoms with van der Waals surface area (Å²) in [5.41, 5.74) is 1.36. The van der Waals surface area contributed by atoms with Crippen molar-refractivity contribution >= 4 is 29.1 Å². The fourth-order valence-corrected chi connectivity index (χ4v) is 2.03. The number of halogens is 1. The second-order valence-corrected chi connectivity index (χ2v) is 5.15. The number of amides is 2. The maximum Gasteiger partial charge on any atom is 0.255 e. The highest BCUT2D eigenvalue weighted by Gasteiger charge is 2.15. The van der Waals surface area contributed by atoms with Crippen LogP contribution in [-0.2, 0) is 0 Å². The molecule has 0 atom stereocenters. The zero-order valence-corrected chi connectivity index (χ0v) is 12.5. The number of carbonyl (C=O) groups excluding carboxylic acids is 2. The quantitative estimate of drug-likeness (QED) is 0.946. The molecular formula is C16H15ClN2O2. The molecule has 0 unspecified atom stereocenters. The van der Waals surface area contributed by atoms with Crippen LogP contribution in [0.4, 0.5) is 5.69 Å². The van der Waals surface area contributed by atoms with Gasteiger partial charge >= 0.3 is 0 Å². The number of nitrogens with one attached hydrogen (secondary N) is 1. The normalized spacial score (nSPS) is 10.0. The topological polar surface area (TPSA) is 49.4 Å². The molecule has 4 nitrogen and oxygen atoms in total.